The summed E-state index contributed by atoms with van der Waals surface area (Å²) in [6.07, 6.45) is 4.12. The molecule has 0 aromatic heterocycles. The molecule has 1 aliphatic rings. The Morgan fingerprint density at radius 1 is 1.07 bits per heavy atom. The highest BCUT2D eigenvalue weighted by Gasteiger charge is 2.19. The predicted molar refractivity (Wildman–Crippen MR) is 62.8 cm³/mol. The van der Waals surface area contributed by atoms with Crippen LogP contribution in [-0.4, -0.2) is 18.9 Å². The quantitative estimate of drug-likeness (QED) is 0.762. The molecular weight excluding hydrogens is 186 g/mol. The zero-order valence-electron chi connectivity index (χ0n) is 9.28. The van der Waals surface area contributed by atoms with Gasteiger partial charge in [-0.1, -0.05) is 42.8 Å². The maximum Gasteiger partial charge on any atom is 0.149 e. The molecule has 0 heterocycles. The van der Waals surface area contributed by atoms with Gasteiger partial charge in [-0.2, -0.15) is 0 Å². The maximum absolute atomic E-state index is 11.0. The third kappa shape index (κ3) is 4.75. The molecular formula is C13H19NO. The van der Waals surface area contributed by atoms with Gasteiger partial charge in [-0.3, -0.25) is 4.79 Å². The van der Waals surface area contributed by atoms with E-state index in [9.17, 15) is 4.79 Å². The van der Waals surface area contributed by atoms with Gasteiger partial charge in [-0.05, 0) is 19.9 Å². The van der Waals surface area contributed by atoms with Gasteiger partial charge in [0.05, 0.1) is 6.04 Å². The molecule has 1 fully saturated rings. The second-order valence-corrected chi connectivity index (χ2v) is 3.71. The first-order valence-electron chi connectivity index (χ1n) is 5.54. The van der Waals surface area contributed by atoms with E-state index < -0.39 is 0 Å². The molecule has 0 radical (unpaired) electrons. The molecule has 0 aliphatic heterocycles. The zero-order chi connectivity index (χ0) is 10.9. The lowest BCUT2D eigenvalue weighted by Gasteiger charge is -2.18. The van der Waals surface area contributed by atoms with Crippen LogP contribution in [0, 0.1) is 0 Å². The Morgan fingerprint density at radius 3 is 1.93 bits per heavy atom. The molecule has 0 spiro atoms. The Bertz CT molecular complexity index is 244. The number of rotatable bonds is 1. The first-order valence-corrected chi connectivity index (χ1v) is 5.54. The second-order valence-electron chi connectivity index (χ2n) is 3.71. The van der Waals surface area contributed by atoms with E-state index in [2.05, 4.69) is 5.32 Å². The number of carbonyl (C=O) groups excluding carboxylic acids is 1. The van der Waals surface area contributed by atoms with Crippen LogP contribution in [0.25, 0.3) is 0 Å². The summed E-state index contributed by atoms with van der Waals surface area (Å²) in [6, 6.07) is 12.2. The summed E-state index contributed by atoms with van der Waals surface area (Å²) in [6.45, 7) is 0. The Kier molecular flexibility index (Phi) is 5.71. The van der Waals surface area contributed by atoms with Gasteiger partial charge in [0.1, 0.15) is 5.78 Å². The summed E-state index contributed by atoms with van der Waals surface area (Å²) in [5.74, 6) is 0.392. The molecule has 1 atom stereocenters. The number of hydrogen-bond acceptors (Lipinski definition) is 2. The molecule has 1 aromatic carbocycles. The number of nitrogens with one attached hydrogen (secondary N) is 1. The van der Waals surface area contributed by atoms with Crippen molar-refractivity contribution in [3.8, 4) is 0 Å². The number of carbonyl (C=O) groups is 1. The number of likely N-dealkylation sites (N-methyl/N-ethyl adjacent to an activating group) is 1. The van der Waals surface area contributed by atoms with Crippen molar-refractivity contribution >= 4 is 5.78 Å². The summed E-state index contributed by atoms with van der Waals surface area (Å²) < 4.78 is 0. The van der Waals surface area contributed by atoms with Crippen molar-refractivity contribution < 1.29 is 4.79 Å². The summed E-state index contributed by atoms with van der Waals surface area (Å²) >= 11 is 0. The molecule has 1 aromatic rings. The van der Waals surface area contributed by atoms with E-state index in [4.69, 9.17) is 0 Å². The minimum Gasteiger partial charge on any atom is -0.311 e. The van der Waals surface area contributed by atoms with Gasteiger partial charge in [0.2, 0.25) is 0 Å². The van der Waals surface area contributed by atoms with Crippen LogP contribution in [0.2, 0.25) is 0 Å². The molecule has 0 saturated heterocycles. The van der Waals surface area contributed by atoms with Crippen molar-refractivity contribution in [2.45, 2.75) is 31.7 Å². The average molecular weight is 205 g/mol. The van der Waals surface area contributed by atoms with Crippen LogP contribution < -0.4 is 5.32 Å². The number of Topliss-reactive ketones (excluding diaryl/α,β-unsaturated/α-hetero) is 1. The average Bonchev–Trinajstić information content (AvgIpc) is 2.33. The molecule has 1 unspecified atom stereocenters. The summed E-state index contributed by atoms with van der Waals surface area (Å²) in [7, 11) is 1.86. The molecule has 2 nitrogen and oxygen atoms in total. The van der Waals surface area contributed by atoms with Crippen LogP contribution in [0.4, 0.5) is 0 Å². The highest BCUT2D eigenvalue weighted by Crippen LogP contribution is 2.13. The monoisotopic (exact) mass is 205 g/mol. The van der Waals surface area contributed by atoms with E-state index in [1.807, 2.05) is 43.4 Å². The summed E-state index contributed by atoms with van der Waals surface area (Å²) in [5.41, 5.74) is 0. The SMILES string of the molecule is CNC1CCCCC1=O.c1ccccc1. The molecule has 2 heteroatoms. The third-order valence-corrected chi connectivity index (χ3v) is 2.57. The van der Waals surface area contributed by atoms with E-state index >= 15 is 0 Å². The van der Waals surface area contributed by atoms with Crippen LogP contribution in [0.5, 0.6) is 0 Å². The van der Waals surface area contributed by atoms with E-state index in [1.54, 1.807) is 0 Å². The van der Waals surface area contributed by atoms with Crippen molar-refractivity contribution in [3.63, 3.8) is 0 Å². The Balaban J connectivity index is 0.000000162. The molecule has 2 rings (SSSR count). The fraction of sp³-hybridized carbons (Fsp3) is 0.462. The van der Waals surface area contributed by atoms with Gasteiger partial charge in [0.15, 0.2) is 0 Å². The van der Waals surface area contributed by atoms with E-state index in [-0.39, 0.29) is 6.04 Å². The topological polar surface area (TPSA) is 29.1 Å². The van der Waals surface area contributed by atoms with Gasteiger partial charge in [0.25, 0.3) is 0 Å². The highest BCUT2D eigenvalue weighted by atomic mass is 16.1. The minimum atomic E-state index is 0.166. The van der Waals surface area contributed by atoms with Crippen LogP contribution in [0.15, 0.2) is 36.4 Å². The lowest BCUT2D eigenvalue weighted by molar-refractivity contribution is -0.122. The van der Waals surface area contributed by atoms with E-state index in [1.165, 1.54) is 6.42 Å². The normalized spacial score (nSPS) is 20.3. The Hall–Kier alpha value is -1.15. The summed E-state index contributed by atoms with van der Waals surface area (Å²) in [5, 5.41) is 3.00. The van der Waals surface area contributed by atoms with Crippen LogP contribution in [0.3, 0.4) is 0 Å². The van der Waals surface area contributed by atoms with E-state index in [0.717, 1.165) is 19.3 Å². The van der Waals surface area contributed by atoms with Crippen LogP contribution >= 0.6 is 0 Å². The Labute approximate surface area is 91.7 Å². The molecule has 82 valence electrons. The third-order valence-electron chi connectivity index (χ3n) is 2.57. The summed E-state index contributed by atoms with van der Waals surface area (Å²) in [4.78, 5) is 11.0. The van der Waals surface area contributed by atoms with Gasteiger partial charge in [-0.25, -0.2) is 0 Å². The first kappa shape index (κ1) is 11.9. The fourth-order valence-corrected chi connectivity index (χ4v) is 1.67. The molecule has 1 N–H and O–H groups in total. The van der Waals surface area contributed by atoms with Crippen LogP contribution in [-0.2, 0) is 4.79 Å². The second kappa shape index (κ2) is 7.18. The predicted octanol–water partition coefficient (Wildman–Crippen LogP) is 2.40. The minimum absolute atomic E-state index is 0.166. The first-order chi connectivity index (χ1) is 7.34. The van der Waals surface area contributed by atoms with Crippen molar-refractivity contribution in [2.24, 2.45) is 0 Å². The lowest BCUT2D eigenvalue weighted by Crippen LogP contribution is -2.36. The molecule has 1 saturated carbocycles. The molecule has 0 bridgehead atoms. The smallest absolute Gasteiger partial charge is 0.149 e. The Morgan fingerprint density at radius 2 is 1.60 bits per heavy atom. The van der Waals surface area contributed by atoms with Crippen molar-refractivity contribution in [2.75, 3.05) is 7.05 Å². The number of ketones is 1. The van der Waals surface area contributed by atoms with Gasteiger partial charge >= 0.3 is 0 Å². The standard InChI is InChI=1S/C7H13NO.C6H6/c1-8-6-4-2-3-5-7(6)9;1-2-4-6-5-3-1/h6,8H,2-5H2,1H3;1-6H. The number of benzene rings is 1. The van der Waals surface area contributed by atoms with E-state index in [0.29, 0.717) is 5.78 Å². The highest BCUT2D eigenvalue weighted by molar-refractivity contribution is 5.84. The molecule has 15 heavy (non-hydrogen) atoms. The van der Waals surface area contributed by atoms with Crippen molar-refractivity contribution in [1.29, 1.82) is 0 Å². The molecule has 0 amide bonds. The maximum atomic E-state index is 11.0. The van der Waals surface area contributed by atoms with Gasteiger partial charge < -0.3 is 5.32 Å². The van der Waals surface area contributed by atoms with Gasteiger partial charge in [0, 0.05) is 6.42 Å². The number of hydrogen-bond donors (Lipinski definition) is 1. The van der Waals surface area contributed by atoms with Crippen LogP contribution in [0.1, 0.15) is 25.7 Å². The zero-order valence-corrected chi connectivity index (χ0v) is 9.28. The fourth-order valence-electron chi connectivity index (χ4n) is 1.67. The lowest BCUT2D eigenvalue weighted by atomic mass is 9.94. The van der Waals surface area contributed by atoms with Gasteiger partial charge in [-0.15, -0.1) is 0 Å². The van der Waals surface area contributed by atoms with Crippen molar-refractivity contribution in [3.05, 3.63) is 36.4 Å². The van der Waals surface area contributed by atoms with Crippen molar-refractivity contribution in [1.82, 2.24) is 5.32 Å². The largest absolute Gasteiger partial charge is 0.311 e. The molecule has 1 aliphatic carbocycles.